The molecule has 0 radical (unpaired) electrons. The summed E-state index contributed by atoms with van der Waals surface area (Å²) in [5.74, 6) is -0.538. The first-order valence-corrected chi connectivity index (χ1v) is 11.5. The molecule has 0 bridgehead atoms. The van der Waals surface area contributed by atoms with Gasteiger partial charge in [0.1, 0.15) is 0 Å². The van der Waals surface area contributed by atoms with Gasteiger partial charge in [0, 0.05) is 0 Å². The van der Waals surface area contributed by atoms with E-state index in [1.165, 1.54) is 6.33 Å². The molecule has 2 heterocycles. The van der Waals surface area contributed by atoms with Gasteiger partial charge >= 0.3 is 174 Å². The van der Waals surface area contributed by atoms with Crippen molar-refractivity contribution in [3.05, 3.63) is 49.8 Å². The van der Waals surface area contributed by atoms with Gasteiger partial charge in [-0.25, -0.2) is 0 Å². The van der Waals surface area contributed by atoms with E-state index in [0.717, 1.165) is 16.4 Å². The van der Waals surface area contributed by atoms with Crippen molar-refractivity contribution in [1.29, 1.82) is 0 Å². The molecular weight excluding hydrogens is 485 g/mol. The van der Waals surface area contributed by atoms with E-state index in [1.54, 1.807) is 6.92 Å². The molecule has 1 aliphatic heterocycles. The Bertz CT molecular complexity index is 743. The predicted octanol–water partition coefficient (Wildman–Crippen LogP) is 2.55. The Kier molecular flexibility index (Phi) is 8.45. The maximum absolute atomic E-state index is 14.6. The molecule has 156 valence electrons. The molecule has 0 unspecified atom stereocenters. The monoisotopic (exact) mass is 510 g/mol. The average Bonchev–Trinajstić information content (AvgIpc) is 2.85. The quantitative estimate of drug-likeness (QED) is 0.306. The van der Waals surface area contributed by atoms with Gasteiger partial charge in [0.15, 0.2) is 0 Å². The number of halogens is 5. The van der Waals surface area contributed by atoms with E-state index in [4.69, 9.17) is 0 Å². The van der Waals surface area contributed by atoms with Crippen LogP contribution in [0.4, 0.5) is 23.4 Å². The zero-order valence-electron chi connectivity index (χ0n) is 16.1. The van der Waals surface area contributed by atoms with Crippen LogP contribution >= 0.6 is 0 Å². The molecule has 0 fully saturated rings. The summed E-state index contributed by atoms with van der Waals surface area (Å²) >= 11 is -0.474. The van der Waals surface area contributed by atoms with E-state index in [2.05, 4.69) is 27.6 Å². The summed E-state index contributed by atoms with van der Waals surface area (Å²) in [6, 6.07) is 0. The standard InChI is InChI=1S/C20H25F4IN3/c1-4-5-9-28(19-18(21)15(3)26-13-27-19)12-17-10-16(7-6-8-25-17)14(2)11-20(22,23)24/h6,8,10,13,16H,2,4-5,7,9,11-12H2,1,3H3/q-1/t16-/m1/s1. The van der Waals surface area contributed by atoms with Crippen LogP contribution in [0.1, 0.15) is 38.3 Å². The zero-order chi connectivity index (χ0) is 20.7. The maximum atomic E-state index is 14.6. The van der Waals surface area contributed by atoms with Crippen LogP contribution in [0.25, 0.3) is 0 Å². The molecule has 0 amide bonds. The first kappa shape index (κ1) is 22.8. The van der Waals surface area contributed by atoms with Crippen molar-refractivity contribution < 1.29 is 38.8 Å². The molecule has 0 saturated heterocycles. The molecule has 0 spiro atoms. The Hall–Kier alpha value is -1.45. The third-order valence-electron chi connectivity index (χ3n) is 4.38. The van der Waals surface area contributed by atoms with Gasteiger partial charge in [0.25, 0.3) is 0 Å². The molecule has 0 saturated carbocycles. The van der Waals surface area contributed by atoms with Crippen molar-refractivity contribution in [2.75, 3.05) is 18.0 Å². The Morgan fingerprint density at radius 1 is 1.36 bits per heavy atom. The summed E-state index contributed by atoms with van der Waals surface area (Å²) in [6.45, 7) is 8.41. The van der Waals surface area contributed by atoms with Crippen molar-refractivity contribution in [1.82, 2.24) is 9.97 Å². The first-order valence-electron chi connectivity index (χ1n) is 9.16. The van der Waals surface area contributed by atoms with Gasteiger partial charge < -0.3 is 0 Å². The van der Waals surface area contributed by atoms with Crippen LogP contribution in [-0.4, -0.2) is 29.2 Å². The average molecular weight is 510 g/mol. The van der Waals surface area contributed by atoms with Crippen molar-refractivity contribution in [2.24, 2.45) is 5.92 Å². The van der Waals surface area contributed by atoms with Gasteiger partial charge in [-0.3, -0.25) is 0 Å². The number of nitrogens with zero attached hydrogens (tertiary/aromatic N) is 3. The van der Waals surface area contributed by atoms with E-state index in [-0.39, 0.29) is 23.0 Å². The van der Waals surface area contributed by atoms with Crippen LogP contribution in [0.15, 0.2) is 38.3 Å². The summed E-state index contributed by atoms with van der Waals surface area (Å²) in [5, 5.41) is 0. The molecule has 1 aliphatic rings. The summed E-state index contributed by atoms with van der Waals surface area (Å²) < 4.78 is 56.0. The minimum atomic E-state index is -4.26. The minimum absolute atomic E-state index is 0.171. The summed E-state index contributed by atoms with van der Waals surface area (Å²) in [5.41, 5.74) is 0.456. The second kappa shape index (κ2) is 10.4. The topological polar surface area (TPSA) is 29.0 Å². The third-order valence-corrected chi connectivity index (χ3v) is 6.75. The van der Waals surface area contributed by atoms with Gasteiger partial charge in [-0.15, -0.1) is 0 Å². The second-order valence-corrected chi connectivity index (χ2v) is 9.48. The molecule has 0 aromatic carbocycles. The molecule has 28 heavy (non-hydrogen) atoms. The molecule has 2 rings (SSSR count). The van der Waals surface area contributed by atoms with Crippen LogP contribution in [-0.2, 0) is 0 Å². The second-order valence-electron chi connectivity index (χ2n) is 6.75. The van der Waals surface area contributed by atoms with Gasteiger partial charge in [0.2, 0.25) is 0 Å². The molecule has 1 aromatic heterocycles. The van der Waals surface area contributed by atoms with E-state index >= 15 is 0 Å². The van der Waals surface area contributed by atoms with Crippen molar-refractivity contribution in [2.45, 2.75) is 45.7 Å². The molecule has 3 nitrogen and oxygen atoms in total. The summed E-state index contributed by atoms with van der Waals surface area (Å²) in [4.78, 5) is 9.88. The van der Waals surface area contributed by atoms with Crippen LogP contribution in [0.2, 0.25) is 0 Å². The summed E-state index contributed by atoms with van der Waals surface area (Å²) in [7, 11) is 0. The number of aryl methyl sites for hydroxylation is 1. The fourth-order valence-electron chi connectivity index (χ4n) is 2.86. The Morgan fingerprint density at radius 3 is 2.79 bits per heavy atom. The van der Waals surface area contributed by atoms with Crippen LogP contribution < -0.4 is 26.1 Å². The Balaban J connectivity index is 2.24. The van der Waals surface area contributed by atoms with Crippen molar-refractivity contribution >= 4 is 5.82 Å². The normalized spacial score (nSPS) is 17.5. The first-order chi connectivity index (χ1) is 13.2. The number of allylic oxidation sites excluding steroid dienone is 3. The Morgan fingerprint density at radius 2 is 2.11 bits per heavy atom. The fraction of sp³-hybridized carbons (Fsp3) is 0.500. The molecule has 0 aliphatic carbocycles. The van der Waals surface area contributed by atoms with Gasteiger partial charge in [-0.1, -0.05) is 0 Å². The predicted molar refractivity (Wildman–Crippen MR) is 99.0 cm³/mol. The number of rotatable bonds is 8. The summed E-state index contributed by atoms with van der Waals surface area (Å²) in [6.07, 6.45) is 2.29. The number of unbranched alkanes of at least 4 members (excludes halogenated alkanes) is 1. The number of alkyl halides is 3. The van der Waals surface area contributed by atoms with Crippen molar-refractivity contribution in [3.63, 3.8) is 0 Å². The third kappa shape index (κ3) is 6.86. The number of hydrogen-bond acceptors (Lipinski definition) is 3. The number of hydrogen-bond donors (Lipinski definition) is 0. The Labute approximate surface area is 173 Å². The van der Waals surface area contributed by atoms with Gasteiger partial charge in [-0.05, 0) is 0 Å². The van der Waals surface area contributed by atoms with Crippen molar-refractivity contribution in [3.8, 4) is 0 Å². The fourth-order valence-corrected chi connectivity index (χ4v) is 5.12. The molecule has 1 aromatic rings. The molecule has 0 N–H and O–H groups in total. The van der Waals surface area contributed by atoms with Crippen LogP contribution in [0.3, 0.4) is 0 Å². The van der Waals surface area contributed by atoms with Gasteiger partial charge in [0.05, 0.1) is 0 Å². The SMILES string of the molecule is C=C(CC(F)(F)F)[C@H]1C=C(CN(CCCC)c2ncnc(C)c2F)[I-]C=CC1. The van der Waals surface area contributed by atoms with E-state index in [0.29, 0.717) is 19.5 Å². The van der Waals surface area contributed by atoms with Gasteiger partial charge in [-0.2, -0.15) is 0 Å². The van der Waals surface area contributed by atoms with E-state index in [9.17, 15) is 17.6 Å². The number of aromatic nitrogens is 2. The molecule has 8 heteroatoms. The molecular formula is C20H25F4IN3-. The van der Waals surface area contributed by atoms with Crippen LogP contribution in [0, 0.1) is 18.7 Å². The zero-order valence-corrected chi connectivity index (χ0v) is 18.2. The molecule has 1 atom stereocenters. The van der Waals surface area contributed by atoms with E-state index in [1.807, 2.05) is 17.1 Å². The number of anilines is 1. The van der Waals surface area contributed by atoms with Crippen LogP contribution in [0.5, 0.6) is 0 Å². The van der Waals surface area contributed by atoms with E-state index < -0.39 is 39.6 Å².